The molecule has 1 aliphatic rings. The van der Waals surface area contributed by atoms with Crippen LogP contribution in [0.25, 0.3) is 0 Å². The van der Waals surface area contributed by atoms with E-state index in [9.17, 15) is 0 Å². The molecule has 66 valence electrons. The van der Waals surface area contributed by atoms with Gasteiger partial charge in [0.05, 0.1) is 15.8 Å². The minimum atomic E-state index is 0.306. The quantitative estimate of drug-likeness (QED) is 0.791. The summed E-state index contributed by atoms with van der Waals surface area (Å²) in [6.07, 6.45) is 7.50. The highest BCUT2D eigenvalue weighted by Crippen LogP contribution is 2.28. The van der Waals surface area contributed by atoms with E-state index in [4.69, 9.17) is 5.73 Å². The van der Waals surface area contributed by atoms with Crippen LogP contribution in [0, 0.1) is 3.57 Å². The first-order valence-electron chi connectivity index (χ1n) is 4.22. The Kier molecular flexibility index (Phi) is 2.36. The lowest BCUT2D eigenvalue weighted by molar-refractivity contribution is 0.421. The number of nitrogens with zero attached hydrogens (tertiary/aromatic N) is 2. The molecule has 1 aliphatic carbocycles. The standard InChI is InChI=1S/C8H12IN3/c9-6-4-11-12(5-6)8-3-1-2-7(8)10/h4-5,7-8H,1-3,10H2. The second-order valence-electron chi connectivity index (χ2n) is 3.30. The van der Waals surface area contributed by atoms with Crippen LogP contribution in [-0.4, -0.2) is 15.8 Å². The minimum absolute atomic E-state index is 0.306. The molecule has 0 bridgehead atoms. The predicted octanol–water partition coefficient (Wildman–Crippen LogP) is 1.54. The highest BCUT2D eigenvalue weighted by molar-refractivity contribution is 14.1. The van der Waals surface area contributed by atoms with Gasteiger partial charge in [-0.15, -0.1) is 0 Å². The van der Waals surface area contributed by atoms with Crippen LogP contribution in [0.2, 0.25) is 0 Å². The van der Waals surface area contributed by atoms with E-state index >= 15 is 0 Å². The largest absolute Gasteiger partial charge is 0.326 e. The molecule has 1 aromatic rings. The van der Waals surface area contributed by atoms with Crippen molar-refractivity contribution in [2.45, 2.75) is 31.3 Å². The molecule has 2 unspecified atom stereocenters. The first kappa shape index (κ1) is 8.50. The summed E-state index contributed by atoms with van der Waals surface area (Å²) in [6.45, 7) is 0. The van der Waals surface area contributed by atoms with E-state index in [0.717, 1.165) is 6.42 Å². The molecule has 0 radical (unpaired) electrons. The number of hydrogen-bond acceptors (Lipinski definition) is 2. The smallest absolute Gasteiger partial charge is 0.0670 e. The normalized spacial score (nSPS) is 29.5. The lowest BCUT2D eigenvalue weighted by Gasteiger charge is -2.15. The molecule has 0 spiro atoms. The van der Waals surface area contributed by atoms with Crippen LogP contribution < -0.4 is 5.73 Å². The third-order valence-corrected chi connectivity index (χ3v) is 3.00. The number of halogens is 1. The van der Waals surface area contributed by atoms with E-state index in [0.29, 0.717) is 12.1 Å². The molecule has 12 heavy (non-hydrogen) atoms. The monoisotopic (exact) mass is 277 g/mol. The molecular weight excluding hydrogens is 265 g/mol. The maximum Gasteiger partial charge on any atom is 0.0670 e. The van der Waals surface area contributed by atoms with E-state index < -0.39 is 0 Å². The summed E-state index contributed by atoms with van der Waals surface area (Å²) in [5, 5.41) is 4.28. The van der Waals surface area contributed by atoms with Gasteiger partial charge in [0.1, 0.15) is 0 Å². The van der Waals surface area contributed by atoms with Gasteiger partial charge in [0, 0.05) is 12.2 Å². The molecule has 3 nitrogen and oxygen atoms in total. The van der Waals surface area contributed by atoms with Crippen LogP contribution >= 0.6 is 22.6 Å². The number of nitrogens with two attached hydrogens (primary N) is 1. The zero-order valence-electron chi connectivity index (χ0n) is 6.78. The van der Waals surface area contributed by atoms with E-state index in [1.807, 2.05) is 10.9 Å². The van der Waals surface area contributed by atoms with E-state index in [1.54, 1.807) is 0 Å². The van der Waals surface area contributed by atoms with Crippen molar-refractivity contribution in [2.75, 3.05) is 0 Å². The predicted molar refractivity (Wildman–Crippen MR) is 55.8 cm³/mol. The summed E-state index contributed by atoms with van der Waals surface area (Å²) in [5.74, 6) is 0. The van der Waals surface area contributed by atoms with Gasteiger partial charge in [-0.3, -0.25) is 4.68 Å². The molecule has 1 saturated carbocycles. The fourth-order valence-electron chi connectivity index (χ4n) is 1.79. The van der Waals surface area contributed by atoms with Crippen LogP contribution in [0.4, 0.5) is 0 Å². The number of aromatic nitrogens is 2. The molecule has 0 saturated heterocycles. The second-order valence-corrected chi connectivity index (χ2v) is 4.55. The zero-order chi connectivity index (χ0) is 8.55. The summed E-state index contributed by atoms with van der Waals surface area (Å²) in [4.78, 5) is 0. The average molecular weight is 277 g/mol. The lowest BCUT2D eigenvalue weighted by Crippen LogP contribution is -2.27. The van der Waals surface area contributed by atoms with Gasteiger partial charge in [0.25, 0.3) is 0 Å². The van der Waals surface area contributed by atoms with Crippen molar-refractivity contribution in [3.63, 3.8) is 0 Å². The molecule has 1 heterocycles. The number of rotatable bonds is 1. The summed E-state index contributed by atoms with van der Waals surface area (Å²) in [5.41, 5.74) is 5.96. The van der Waals surface area contributed by atoms with Crippen molar-refractivity contribution >= 4 is 22.6 Å². The van der Waals surface area contributed by atoms with Crippen LogP contribution in [0.15, 0.2) is 12.4 Å². The van der Waals surface area contributed by atoms with Gasteiger partial charge in [0.2, 0.25) is 0 Å². The lowest BCUT2D eigenvalue weighted by atomic mass is 10.2. The maximum atomic E-state index is 5.96. The third-order valence-electron chi connectivity index (χ3n) is 2.44. The highest BCUT2D eigenvalue weighted by Gasteiger charge is 2.25. The second kappa shape index (κ2) is 3.33. The molecule has 0 aliphatic heterocycles. The molecule has 0 amide bonds. The SMILES string of the molecule is NC1CCCC1n1cc(I)cn1. The molecule has 1 fully saturated rings. The van der Waals surface area contributed by atoms with Gasteiger partial charge in [-0.1, -0.05) is 0 Å². The van der Waals surface area contributed by atoms with Crippen molar-refractivity contribution in [2.24, 2.45) is 5.73 Å². The Hall–Kier alpha value is -0.100. The fraction of sp³-hybridized carbons (Fsp3) is 0.625. The van der Waals surface area contributed by atoms with Crippen molar-refractivity contribution in [3.05, 3.63) is 16.0 Å². The Morgan fingerprint density at radius 1 is 1.58 bits per heavy atom. The summed E-state index contributed by atoms with van der Waals surface area (Å²) >= 11 is 2.27. The van der Waals surface area contributed by atoms with E-state index in [-0.39, 0.29) is 0 Å². The minimum Gasteiger partial charge on any atom is -0.326 e. The van der Waals surface area contributed by atoms with Crippen molar-refractivity contribution in [3.8, 4) is 0 Å². The molecule has 0 aromatic carbocycles. The van der Waals surface area contributed by atoms with Gasteiger partial charge in [-0.25, -0.2) is 0 Å². The Morgan fingerprint density at radius 2 is 2.42 bits per heavy atom. The van der Waals surface area contributed by atoms with Gasteiger partial charge >= 0.3 is 0 Å². The topological polar surface area (TPSA) is 43.8 Å². The summed E-state index contributed by atoms with van der Waals surface area (Å²) in [7, 11) is 0. The van der Waals surface area contributed by atoms with E-state index in [1.165, 1.54) is 16.4 Å². The van der Waals surface area contributed by atoms with Gasteiger partial charge in [0.15, 0.2) is 0 Å². The number of hydrogen-bond donors (Lipinski definition) is 1. The van der Waals surface area contributed by atoms with Gasteiger partial charge < -0.3 is 5.73 Å². The molecule has 2 atom stereocenters. The Labute approximate surface area is 85.5 Å². The van der Waals surface area contributed by atoms with Crippen LogP contribution in [0.1, 0.15) is 25.3 Å². The van der Waals surface area contributed by atoms with Crippen LogP contribution in [0.3, 0.4) is 0 Å². The zero-order valence-corrected chi connectivity index (χ0v) is 8.94. The summed E-state index contributed by atoms with van der Waals surface area (Å²) in [6, 6.07) is 0.745. The molecular formula is C8H12IN3. The fourth-order valence-corrected chi connectivity index (χ4v) is 2.20. The van der Waals surface area contributed by atoms with Gasteiger partial charge in [-0.05, 0) is 41.9 Å². The molecule has 4 heteroatoms. The third kappa shape index (κ3) is 1.50. The Bertz CT molecular complexity index is 271. The van der Waals surface area contributed by atoms with Crippen LogP contribution in [-0.2, 0) is 0 Å². The first-order chi connectivity index (χ1) is 5.77. The van der Waals surface area contributed by atoms with Gasteiger partial charge in [-0.2, -0.15) is 5.10 Å². The molecule has 2 N–H and O–H groups in total. The van der Waals surface area contributed by atoms with Crippen LogP contribution in [0.5, 0.6) is 0 Å². The average Bonchev–Trinajstić information content (AvgIpc) is 2.58. The first-order valence-corrected chi connectivity index (χ1v) is 5.30. The van der Waals surface area contributed by atoms with E-state index in [2.05, 4.69) is 33.9 Å². The Morgan fingerprint density at radius 3 is 2.92 bits per heavy atom. The maximum absolute atomic E-state index is 5.96. The Balaban J connectivity index is 2.19. The van der Waals surface area contributed by atoms with Crippen molar-refractivity contribution < 1.29 is 0 Å². The molecule has 1 aromatic heterocycles. The van der Waals surface area contributed by atoms with Crippen molar-refractivity contribution in [1.82, 2.24) is 9.78 Å². The molecule has 2 rings (SSSR count). The highest BCUT2D eigenvalue weighted by atomic mass is 127. The van der Waals surface area contributed by atoms with Crippen molar-refractivity contribution in [1.29, 1.82) is 0 Å². The summed E-state index contributed by atoms with van der Waals surface area (Å²) < 4.78 is 3.20.